The van der Waals surface area contributed by atoms with E-state index < -0.39 is 0 Å². The molecule has 0 aromatic carbocycles. The third-order valence-electron chi connectivity index (χ3n) is 5.41. The van der Waals surface area contributed by atoms with E-state index in [-0.39, 0.29) is 5.91 Å². The second kappa shape index (κ2) is 6.85. The van der Waals surface area contributed by atoms with Crippen LogP contribution in [-0.4, -0.2) is 38.7 Å². The van der Waals surface area contributed by atoms with Gasteiger partial charge in [-0.3, -0.25) is 9.48 Å². The van der Waals surface area contributed by atoms with Crippen molar-refractivity contribution in [2.24, 2.45) is 0 Å². The molecule has 0 atom stereocenters. The summed E-state index contributed by atoms with van der Waals surface area (Å²) < 4.78 is 2.18. The number of nitrogens with one attached hydrogen (secondary N) is 1. The van der Waals surface area contributed by atoms with Gasteiger partial charge in [-0.05, 0) is 31.2 Å². The van der Waals surface area contributed by atoms with Gasteiger partial charge >= 0.3 is 0 Å². The summed E-state index contributed by atoms with van der Waals surface area (Å²) in [7, 11) is 0. The van der Waals surface area contributed by atoms with Gasteiger partial charge in [-0.15, -0.1) is 22.7 Å². The van der Waals surface area contributed by atoms with Crippen LogP contribution in [0.25, 0.3) is 9.88 Å². The van der Waals surface area contributed by atoms with Gasteiger partial charge in [0.2, 0.25) is 0 Å². The zero-order valence-corrected chi connectivity index (χ0v) is 16.8. The Kier molecular flexibility index (Phi) is 4.34. The zero-order chi connectivity index (χ0) is 18.4. The van der Waals surface area contributed by atoms with Crippen LogP contribution in [0.1, 0.15) is 45.5 Å². The number of carbonyl (C=O) groups is 1. The van der Waals surface area contributed by atoms with E-state index in [1.807, 2.05) is 29.5 Å². The molecule has 6 nitrogen and oxygen atoms in total. The third kappa shape index (κ3) is 3.01. The van der Waals surface area contributed by atoms with Crippen molar-refractivity contribution >= 4 is 28.6 Å². The molecule has 0 bridgehead atoms. The van der Waals surface area contributed by atoms with Crippen LogP contribution in [0.3, 0.4) is 0 Å². The predicted molar refractivity (Wildman–Crippen MR) is 107 cm³/mol. The first kappa shape index (κ1) is 17.1. The largest absolute Gasteiger partial charge is 0.338 e. The number of piperidine rings is 1. The lowest BCUT2D eigenvalue weighted by molar-refractivity contribution is 0.0693. The maximum Gasteiger partial charge on any atom is 0.265 e. The molecule has 2 aliphatic rings. The number of carbonyl (C=O) groups excluding carboxylic acids is 1. The van der Waals surface area contributed by atoms with Crippen molar-refractivity contribution in [2.75, 3.05) is 13.1 Å². The van der Waals surface area contributed by atoms with Crippen molar-refractivity contribution in [3.05, 3.63) is 45.5 Å². The normalized spacial score (nSPS) is 17.4. The molecule has 8 heteroatoms. The molecule has 3 aromatic rings. The van der Waals surface area contributed by atoms with Crippen LogP contribution >= 0.6 is 22.7 Å². The molecule has 27 heavy (non-hydrogen) atoms. The van der Waals surface area contributed by atoms with Crippen molar-refractivity contribution in [1.82, 2.24) is 25.0 Å². The van der Waals surface area contributed by atoms with Crippen LogP contribution in [0.4, 0.5) is 0 Å². The lowest BCUT2D eigenvalue weighted by Gasteiger charge is -2.32. The van der Waals surface area contributed by atoms with Crippen LogP contribution in [-0.2, 0) is 13.1 Å². The van der Waals surface area contributed by atoms with E-state index >= 15 is 0 Å². The van der Waals surface area contributed by atoms with Crippen molar-refractivity contribution < 1.29 is 4.79 Å². The highest BCUT2D eigenvalue weighted by atomic mass is 32.1. The quantitative estimate of drug-likeness (QED) is 0.733. The molecular weight excluding hydrogens is 378 g/mol. The Morgan fingerprint density at radius 3 is 2.93 bits per heavy atom. The molecule has 140 valence electrons. The minimum absolute atomic E-state index is 0.124. The van der Waals surface area contributed by atoms with Gasteiger partial charge in [-0.25, -0.2) is 4.98 Å². The second-order valence-corrected chi connectivity index (χ2v) is 9.05. The zero-order valence-electron chi connectivity index (χ0n) is 15.1. The predicted octanol–water partition coefficient (Wildman–Crippen LogP) is 3.46. The second-order valence-electron chi connectivity index (χ2n) is 7.10. The third-order valence-corrected chi connectivity index (χ3v) is 7.60. The summed E-state index contributed by atoms with van der Waals surface area (Å²) in [6.45, 7) is 5.31. The Labute approximate surface area is 165 Å². The van der Waals surface area contributed by atoms with Gasteiger partial charge in [0.15, 0.2) is 0 Å². The SMILES string of the molecule is Cc1nc(-c2cccs2)sc1C(=O)N1CCC(n2ncc3c2CNC3)CC1. The van der Waals surface area contributed by atoms with Gasteiger partial charge in [-0.2, -0.15) is 5.10 Å². The van der Waals surface area contributed by atoms with E-state index in [2.05, 4.69) is 26.1 Å². The van der Waals surface area contributed by atoms with Crippen molar-refractivity contribution in [3.8, 4) is 9.88 Å². The van der Waals surface area contributed by atoms with Crippen molar-refractivity contribution in [1.29, 1.82) is 0 Å². The van der Waals surface area contributed by atoms with Crippen LogP contribution in [0.5, 0.6) is 0 Å². The molecule has 2 aliphatic heterocycles. The molecule has 1 saturated heterocycles. The van der Waals surface area contributed by atoms with Crippen LogP contribution in [0, 0.1) is 6.92 Å². The van der Waals surface area contributed by atoms with Gasteiger partial charge in [0, 0.05) is 31.7 Å². The number of thiazole rings is 1. The van der Waals surface area contributed by atoms with E-state index in [0.29, 0.717) is 6.04 Å². The first-order valence-electron chi connectivity index (χ1n) is 9.27. The van der Waals surface area contributed by atoms with E-state index in [0.717, 1.165) is 59.5 Å². The molecule has 0 aliphatic carbocycles. The number of fused-ring (bicyclic) bond motifs is 1. The first-order valence-corrected chi connectivity index (χ1v) is 11.0. The Bertz CT molecular complexity index is 967. The molecule has 0 spiro atoms. The van der Waals surface area contributed by atoms with Gasteiger partial charge in [-0.1, -0.05) is 6.07 Å². The lowest BCUT2D eigenvalue weighted by atomic mass is 10.0. The fourth-order valence-electron chi connectivity index (χ4n) is 3.95. The van der Waals surface area contributed by atoms with Crippen molar-refractivity contribution in [3.63, 3.8) is 0 Å². The lowest BCUT2D eigenvalue weighted by Crippen LogP contribution is -2.39. The highest BCUT2D eigenvalue weighted by Gasteiger charge is 2.29. The van der Waals surface area contributed by atoms with E-state index in [9.17, 15) is 4.79 Å². The number of amides is 1. The maximum absolute atomic E-state index is 13.1. The minimum atomic E-state index is 0.124. The Balaban J connectivity index is 1.29. The molecule has 1 fully saturated rings. The van der Waals surface area contributed by atoms with Gasteiger partial charge in [0.05, 0.1) is 28.5 Å². The summed E-state index contributed by atoms with van der Waals surface area (Å²) >= 11 is 3.18. The maximum atomic E-state index is 13.1. The summed E-state index contributed by atoms with van der Waals surface area (Å²) in [5.41, 5.74) is 3.47. The standard InChI is InChI=1S/C19H21N5OS2/c1-12-17(27-18(22-12)16-3-2-8-26-16)19(25)23-6-4-14(5-7-23)24-15-11-20-9-13(15)10-21-24/h2-3,8,10,14,20H,4-7,9,11H2,1H3. The highest BCUT2D eigenvalue weighted by Crippen LogP contribution is 2.33. The van der Waals surface area contributed by atoms with Crippen LogP contribution < -0.4 is 5.32 Å². The smallest absolute Gasteiger partial charge is 0.265 e. The topological polar surface area (TPSA) is 63.1 Å². The molecular formula is C19H21N5OS2. The number of hydrogen-bond donors (Lipinski definition) is 1. The van der Waals surface area contributed by atoms with E-state index in [1.165, 1.54) is 22.6 Å². The van der Waals surface area contributed by atoms with E-state index in [1.54, 1.807) is 11.3 Å². The molecule has 0 radical (unpaired) electrons. The number of rotatable bonds is 3. The van der Waals surface area contributed by atoms with Gasteiger partial charge < -0.3 is 10.2 Å². The number of thiophene rings is 1. The van der Waals surface area contributed by atoms with Crippen molar-refractivity contribution in [2.45, 2.75) is 38.9 Å². The summed E-state index contributed by atoms with van der Waals surface area (Å²) in [4.78, 5) is 21.6. The van der Waals surface area contributed by atoms with Gasteiger partial charge in [0.1, 0.15) is 9.88 Å². The number of likely N-dealkylation sites (tertiary alicyclic amines) is 1. The monoisotopic (exact) mass is 399 g/mol. The number of aromatic nitrogens is 3. The molecule has 3 aromatic heterocycles. The molecule has 5 rings (SSSR count). The Morgan fingerprint density at radius 2 is 2.15 bits per heavy atom. The summed E-state index contributed by atoms with van der Waals surface area (Å²) in [6.07, 6.45) is 3.89. The highest BCUT2D eigenvalue weighted by molar-refractivity contribution is 7.22. The van der Waals surface area contributed by atoms with Crippen LogP contribution in [0.15, 0.2) is 23.7 Å². The molecule has 5 heterocycles. The first-order chi connectivity index (χ1) is 13.2. The van der Waals surface area contributed by atoms with Gasteiger partial charge in [0.25, 0.3) is 5.91 Å². The molecule has 0 unspecified atom stereocenters. The van der Waals surface area contributed by atoms with E-state index in [4.69, 9.17) is 0 Å². The average Bonchev–Trinajstić information content (AvgIpc) is 3.45. The number of aryl methyl sites for hydroxylation is 1. The average molecular weight is 400 g/mol. The molecule has 0 saturated carbocycles. The summed E-state index contributed by atoms with van der Waals surface area (Å²) in [6, 6.07) is 4.46. The fourth-order valence-corrected chi connectivity index (χ4v) is 5.78. The number of hydrogen-bond acceptors (Lipinski definition) is 6. The Morgan fingerprint density at radius 1 is 1.30 bits per heavy atom. The summed E-state index contributed by atoms with van der Waals surface area (Å²) in [5, 5.41) is 11.0. The molecule has 1 amide bonds. The Hall–Kier alpha value is -2.03. The minimum Gasteiger partial charge on any atom is -0.338 e. The summed E-state index contributed by atoms with van der Waals surface area (Å²) in [5.74, 6) is 0.124. The number of nitrogens with zero attached hydrogens (tertiary/aromatic N) is 4. The molecule has 1 N–H and O–H groups in total. The fraction of sp³-hybridized carbons (Fsp3) is 0.421. The van der Waals surface area contributed by atoms with Crippen LogP contribution in [0.2, 0.25) is 0 Å².